The highest BCUT2D eigenvalue weighted by atomic mass is 32.2. The molecule has 7 nitrogen and oxygen atoms in total. The molecule has 1 N–H and O–H groups in total. The molecule has 0 saturated carbocycles. The van der Waals surface area contributed by atoms with E-state index in [4.69, 9.17) is 9.47 Å². The summed E-state index contributed by atoms with van der Waals surface area (Å²) in [6.07, 6.45) is -0.979. The second-order valence-electron chi connectivity index (χ2n) is 6.68. The lowest BCUT2D eigenvalue weighted by atomic mass is 10.2. The molecule has 0 bridgehead atoms. The maximum Gasteiger partial charge on any atom is 0.265 e. The summed E-state index contributed by atoms with van der Waals surface area (Å²) in [6, 6.07) is 10.5. The Kier molecular flexibility index (Phi) is 6.51. The van der Waals surface area contributed by atoms with E-state index in [1.807, 2.05) is 0 Å². The van der Waals surface area contributed by atoms with Gasteiger partial charge in [-0.05, 0) is 43.7 Å². The maximum absolute atomic E-state index is 13.7. The Morgan fingerprint density at radius 3 is 2.59 bits per heavy atom. The molecule has 0 radical (unpaired) electrons. The molecule has 3 rings (SSSR count). The maximum atomic E-state index is 13.7. The average Bonchev–Trinajstić information content (AvgIpc) is 2.71. The molecule has 0 aromatic heterocycles. The van der Waals surface area contributed by atoms with Gasteiger partial charge < -0.3 is 14.8 Å². The van der Waals surface area contributed by atoms with E-state index in [1.54, 1.807) is 25.1 Å². The minimum Gasteiger partial charge on any atom is -0.478 e. The third-order valence-electron chi connectivity index (χ3n) is 4.55. The van der Waals surface area contributed by atoms with Crippen molar-refractivity contribution in [1.29, 1.82) is 0 Å². The molecule has 156 valence electrons. The molecule has 2 aromatic rings. The van der Waals surface area contributed by atoms with Crippen LogP contribution in [0.1, 0.15) is 12.5 Å². The van der Waals surface area contributed by atoms with Crippen LogP contribution in [0.4, 0.5) is 10.1 Å². The van der Waals surface area contributed by atoms with E-state index in [9.17, 15) is 17.6 Å². The van der Waals surface area contributed by atoms with Crippen LogP contribution in [0.25, 0.3) is 0 Å². The number of morpholine rings is 1. The Morgan fingerprint density at radius 1 is 1.21 bits per heavy atom. The van der Waals surface area contributed by atoms with Gasteiger partial charge in [0.1, 0.15) is 0 Å². The van der Waals surface area contributed by atoms with Gasteiger partial charge >= 0.3 is 0 Å². The van der Waals surface area contributed by atoms with Crippen molar-refractivity contribution < 1.29 is 27.1 Å². The zero-order chi connectivity index (χ0) is 21.0. The number of hydrogen-bond acceptors (Lipinski definition) is 5. The molecule has 1 fully saturated rings. The summed E-state index contributed by atoms with van der Waals surface area (Å²) in [7, 11) is -3.70. The quantitative estimate of drug-likeness (QED) is 0.773. The number of sulfonamides is 1. The Labute approximate surface area is 169 Å². The minimum atomic E-state index is -3.70. The summed E-state index contributed by atoms with van der Waals surface area (Å²) in [5.74, 6) is -1.12. The van der Waals surface area contributed by atoms with E-state index in [2.05, 4.69) is 5.32 Å². The number of hydrogen-bond donors (Lipinski definition) is 1. The summed E-state index contributed by atoms with van der Waals surface area (Å²) in [5.41, 5.74) is 0.890. The average molecular weight is 422 g/mol. The van der Waals surface area contributed by atoms with Crippen LogP contribution in [0.5, 0.6) is 5.75 Å². The van der Waals surface area contributed by atoms with Gasteiger partial charge in [-0.3, -0.25) is 4.79 Å². The van der Waals surface area contributed by atoms with Crippen molar-refractivity contribution in [3.8, 4) is 5.75 Å². The van der Waals surface area contributed by atoms with E-state index < -0.39 is 27.9 Å². The largest absolute Gasteiger partial charge is 0.478 e. The number of anilines is 1. The number of aryl methyl sites for hydroxylation is 1. The minimum absolute atomic E-state index is 0.0327. The van der Waals surface area contributed by atoms with Gasteiger partial charge in [-0.1, -0.05) is 18.2 Å². The topological polar surface area (TPSA) is 84.9 Å². The smallest absolute Gasteiger partial charge is 0.265 e. The Hall–Kier alpha value is -2.49. The van der Waals surface area contributed by atoms with Gasteiger partial charge in [0.05, 0.1) is 18.1 Å². The van der Waals surface area contributed by atoms with Crippen molar-refractivity contribution in [1.82, 2.24) is 4.31 Å². The van der Waals surface area contributed by atoms with Crippen molar-refractivity contribution in [3.05, 3.63) is 53.8 Å². The predicted molar refractivity (Wildman–Crippen MR) is 106 cm³/mol. The van der Waals surface area contributed by atoms with Crippen molar-refractivity contribution in [3.63, 3.8) is 0 Å². The van der Waals surface area contributed by atoms with Crippen LogP contribution < -0.4 is 10.1 Å². The summed E-state index contributed by atoms with van der Waals surface area (Å²) in [5, 5.41) is 2.63. The highest BCUT2D eigenvalue weighted by Gasteiger charge is 2.28. The third kappa shape index (κ3) is 4.92. The fourth-order valence-electron chi connectivity index (χ4n) is 2.91. The predicted octanol–water partition coefficient (Wildman–Crippen LogP) is 2.56. The van der Waals surface area contributed by atoms with E-state index in [0.29, 0.717) is 24.5 Å². The lowest BCUT2D eigenvalue weighted by molar-refractivity contribution is -0.122. The molecule has 1 amide bonds. The van der Waals surface area contributed by atoms with Crippen LogP contribution in [-0.2, 0) is 19.6 Å². The second kappa shape index (κ2) is 8.89. The third-order valence-corrected chi connectivity index (χ3v) is 6.59. The van der Waals surface area contributed by atoms with Crippen LogP contribution in [0.2, 0.25) is 0 Å². The SMILES string of the molecule is Cc1ccc(NC(=O)[C@@H](C)Oc2ccccc2F)cc1S(=O)(=O)N1CCOCC1. The molecule has 1 aliphatic heterocycles. The molecule has 9 heteroatoms. The molecule has 1 saturated heterocycles. The number of benzene rings is 2. The first-order valence-corrected chi connectivity index (χ1v) is 10.6. The summed E-state index contributed by atoms with van der Waals surface area (Å²) >= 11 is 0. The fraction of sp³-hybridized carbons (Fsp3) is 0.350. The number of carbonyl (C=O) groups excluding carboxylic acids is 1. The van der Waals surface area contributed by atoms with Gasteiger partial charge in [-0.15, -0.1) is 0 Å². The summed E-state index contributed by atoms with van der Waals surface area (Å²) in [4.78, 5) is 12.6. The number of nitrogens with zero attached hydrogens (tertiary/aromatic N) is 1. The number of ether oxygens (including phenoxy) is 2. The van der Waals surface area contributed by atoms with E-state index >= 15 is 0 Å². The van der Waals surface area contributed by atoms with Crippen molar-refractivity contribution in [2.75, 3.05) is 31.6 Å². The lowest BCUT2D eigenvalue weighted by Crippen LogP contribution is -2.40. The molecule has 0 aliphatic carbocycles. The molecule has 1 heterocycles. The van der Waals surface area contributed by atoms with Crippen molar-refractivity contribution in [2.24, 2.45) is 0 Å². The first-order valence-electron chi connectivity index (χ1n) is 9.19. The fourth-order valence-corrected chi connectivity index (χ4v) is 4.57. The number of amides is 1. The Balaban J connectivity index is 1.75. The van der Waals surface area contributed by atoms with Gasteiger partial charge in [0.25, 0.3) is 5.91 Å². The monoisotopic (exact) mass is 422 g/mol. The number of para-hydroxylation sites is 1. The summed E-state index contributed by atoms with van der Waals surface area (Å²) in [6.45, 7) is 4.45. The molecule has 1 aliphatic rings. The lowest BCUT2D eigenvalue weighted by Gasteiger charge is -2.27. The van der Waals surface area contributed by atoms with Gasteiger partial charge in [0.2, 0.25) is 10.0 Å². The van der Waals surface area contributed by atoms with Crippen molar-refractivity contribution >= 4 is 21.6 Å². The van der Waals surface area contributed by atoms with Gasteiger partial charge in [-0.25, -0.2) is 12.8 Å². The van der Waals surface area contributed by atoms with Crippen LogP contribution in [0, 0.1) is 12.7 Å². The number of halogens is 1. The first kappa shape index (κ1) is 21.2. The Bertz CT molecular complexity index is 990. The number of rotatable bonds is 6. The first-order chi connectivity index (χ1) is 13.8. The number of nitrogens with one attached hydrogen (secondary N) is 1. The standard InChI is InChI=1S/C20H23FN2O5S/c1-14-7-8-16(13-19(14)29(25,26)23-9-11-27-12-10-23)22-20(24)15(2)28-18-6-4-3-5-17(18)21/h3-8,13,15H,9-12H2,1-2H3,(H,22,24)/t15-/m1/s1. The molecule has 29 heavy (non-hydrogen) atoms. The zero-order valence-corrected chi connectivity index (χ0v) is 17.0. The zero-order valence-electron chi connectivity index (χ0n) is 16.2. The van der Waals surface area contributed by atoms with Crippen LogP contribution in [0.3, 0.4) is 0 Å². The molecule has 0 spiro atoms. The summed E-state index contributed by atoms with van der Waals surface area (Å²) < 4.78 is 51.6. The normalized spacial score (nSPS) is 16.2. The molecular formula is C20H23FN2O5S. The molecule has 0 unspecified atom stereocenters. The number of carbonyl (C=O) groups is 1. The van der Waals surface area contributed by atoms with E-state index in [-0.39, 0.29) is 23.7 Å². The van der Waals surface area contributed by atoms with E-state index in [0.717, 1.165) is 0 Å². The van der Waals surface area contributed by atoms with Crippen LogP contribution in [0.15, 0.2) is 47.4 Å². The van der Waals surface area contributed by atoms with Crippen LogP contribution >= 0.6 is 0 Å². The van der Waals surface area contributed by atoms with Gasteiger partial charge in [-0.2, -0.15) is 4.31 Å². The van der Waals surface area contributed by atoms with Crippen LogP contribution in [-0.4, -0.2) is 51.0 Å². The molecule has 2 aromatic carbocycles. The highest BCUT2D eigenvalue weighted by Crippen LogP contribution is 2.25. The van der Waals surface area contributed by atoms with Gasteiger partial charge in [0, 0.05) is 18.8 Å². The van der Waals surface area contributed by atoms with Gasteiger partial charge in [0.15, 0.2) is 17.7 Å². The second-order valence-corrected chi connectivity index (χ2v) is 8.58. The molecular weight excluding hydrogens is 399 g/mol. The van der Waals surface area contributed by atoms with Crippen molar-refractivity contribution in [2.45, 2.75) is 24.8 Å². The van der Waals surface area contributed by atoms with E-state index in [1.165, 1.54) is 35.5 Å². The highest BCUT2D eigenvalue weighted by molar-refractivity contribution is 7.89. The Morgan fingerprint density at radius 2 is 1.90 bits per heavy atom. The molecule has 1 atom stereocenters.